The molecule has 13 atom stereocenters. The SMILES string of the molecule is CCCCCCCCCCC1(C)OCC(COC(=O)O[C@@H]2C(=O)C=C(C)[C@@H]3C[C@H]4OC(=O)[C@H](OC(=O)CC(O)(C(C)C)C(C)C)C5C(C)[C@@H](O)[C@]6(O)OC[C@@]54C6C23C)O1. The third-order valence-electron chi connectivity index (χ3n) is 15.4. The lowest BCUT2D eigenvalue weighted by atomic mass is 9.38. The van der Waals surface area contributed by atoms with Crippen LogP contribution in [-0.4, -0.2) is 107 Å². The first-order valence-electron chi connectivity index (χ1n) is 22.2. The third-order valence-corrected chi connectivity index (χ3v) is 15.4. The van der Waals surface area contributed by atoms with E-state index in [0.29, 0.717) is 12.0 Å². The van der Waals surface area contributed by atoms with E-state index in [9.17, 15) is 34.5 Å². The van der Waals surface area contributed by atoms with Crippen molar-refractivity contribution >= 4 is 23.9 Å². The summed E-state index contributed by atoms with van der Waals surface area (Å²) < 4.78 is 42.0. The molecule has 0 aromatic heterocycles. The maximum absolute atomic E-state index is 14.0. The number of hydrogen-bond donors (Lipinski definition) is 3. The van der Waals surface area contributed by atoms with Crippen molar-refractivity contribution in [3.63, 3.8) is 0 Å². The zero-order valence-corrected chi connectivity index (χ0v) is 36.7. The highest BCUT2D eigenvalue weighted by molar-refractivity contribution is 5.97. The Kier molecular flexibility index (Phi) is 13.4. The Hall–Kier alpha value is -2.62. The first kappa shape index (κ1) is 45.9. The fourth-order valence-corrected chi connectivity index (χ4v) is 12.2. The predicted octanol–water partition coefficient (Wildman–Crippen LogP) is 5.94. The van der Waals surface area contributed by atoms with Gasteiger partial charge in [0.25, 0.3) is 0 Å². The molecule has 3 aliphatic heterocycles. The number of carbonyl (C=O) groups excluding carboxylic acids is 4. The largest absolute Gasteiger partial charge is 0.509 e. The highest BCUT2D eigenvalue weighted by atomic mass is 16.8. The van der Waals surface area contributed by atoms with Gasteiger partial charge in [-0.25, -0.2) is 9.59 Å². The Balaban J connectivity index is 1.19. The number of fused-ring (bicyclic) bond motifs is 1. The summed E-state index contributed by atoms with van der Waals surface area (Å²) in [4.78, 5) is 55.2. The number of ether oxygens (including phenoxy) is 7. The molecule has 14 heteroatoms. The molecule has 1 spiro atoms. The Morgan fingerprint density at radius 3 is 2.27 bits per heavy atom. The van der Waals surface area contributed by atoms with Crippen molar-refractivity contribution in [2.45, 2.75) is 181 Å². The molecular formula is C45H70O14. The molecule has 5 fully saturated rings. The van der Waals surface area contributed by atoms with Crippen LogP contribution < -0.4 is 0 Å². The van der Waals surface area contributed by atoms with Crippen molar-refractivity contribution in [2.24, 2.45) is 46.3 Å². The summed E-state index contributed by atoms with van der Waals surface area (Å²) in [5.74, 6) is -9.32. The van der Waals surface area contributed by atoms with E-state index in [1.807, 2.05) is 6.92 Å². The molecule has 2 saturated carbocycles. The summed E-state index contributed by atoms with van der Waals surface area (Å²) in [5, 5.41) is 35.9. The van der Waals surface area contributed by atoms with Gasteiger partial charge in [0.15, 0.2) is 23.5 Å². The molecular weight excluding hydrogens is 764 g/mol. The van der Waals surface area contributed by atoms with Gasteiger partial charge in [-0.2, -0.15) is 0 Å². The second kappa shape index (κ2) is 17.3. The van der Waals surface area contributed by atoms with E-state index in [-0.39, 0.29) is 44.5 Å². The maximum Gasteiger partial charge on any atom is 0.509 e. The van der Waals surface area contributed by atoms with Crippen LogP contribution in [0.25, 0.3) is 0 Å². The normalized spacial score (nSPS) is 40.0. The molecule has 6 aliphatic rings. The average Bonchev–Trinajstić information content (AvgIpc) is 3.69. The molecule has 0 aromatic rings. The van der Waals surface area contributed by atoms with Crippen LogP contribution in [0.15, 0.2) is 11.6 Å². The molecule has 0 aromatic carbocycles. The van der Waals surface area contributed by atoms with E-state index < -0.39 is 106 Å². The van der Waals surface area contributed by atoms with E-state index in [0.717, 1.165) is 12.8 Å². The van der Waals surface area contributed by atoms with Gasteiger partial charge in [0.05, 0.1) is 25.2 Å². The predicted molar refractivity (Wildman–Crippen MR) is 212 cm³/mol. The van der Waals surface area contributed by atoms with Gasteiger partial charge in [-0.05, 0) is 56.4 Å². The van der Waals surface area contributed by atoms with Crippen LogP contribution in [0.3, 0.4) is 0 Å². The van der Waals surface area contributed by atoms with Gasteiger partial charge in [0, 0.05) is 29.1 Å². The van der Waals surface area contributed by atoms with Gasteiger partial charge in [0.2, 0.25) is 6.10 Å². The molecule has 59 heavy (non-hydrogen) atoms. The summed E-state index contributed by atoms with van der Waals surface area (Å²) in [6.07, 6.45) is 4.24. The lowest BCUT2D eigenvalue weighted by molar-refractivity contribution is -0.340. The number of esters is 2. The minimum absolute atomic E-state index is 0.172. The number of ketones is 1. The fraction of sp³-hybridized carbons (Fsp3) is 0.867. The van der Waals surface area contributed by atoms with Crippen molar-refractivity contribution in [3.05, 3.63) is 11.6 Å². The molecule has 3 heterocycles. The standard InChI is InChI=1S/C45H70O14/c1-10-11-12-13-14-15-16-17-18-41(8)54-23-29(59-41)22-53-40(50)58-37-31(46)19-27(6)30-20-32-43-24-55-45(52,39(43)42(30,37)9)36(48)28(7)34(43)35(38(49)56-32)57-33(47)21-44(51,25(2)3)26(4)5/h19,25-26,28-30,32,34-37,39,48,51-52H,10-18,20-24H2,1-9H3/t28?,29?,30-,32+,34?,35+,36+,37+,39?,41?,42?,43-,45-/m0/s1. The monoisotopic (exact) mass is 834 g/mol. The Labute approximate surface area is 349 Å². The molecule has 6 rings (SSSR count). The molecule has 3 saturated heterocycles. The van der Waals surface area contributed by atoms with Crippen LogP contribution in [0.1, 0.15) is 133 Å². The van der Waals surface area contributed by atoms with Gasteiger partial charge in [0.1, 0.15) is 24.9 Å². The van der Waals surface area contributed by atoms with Crippen LogP contribution in [0.4, 0.5) is 4.79 Å². The number of allylic oxidation sites excluding steroid dienone is 1. The lowest BCUT2D eigenvalue weighted by Crippen LogP contribution is -2.78. The fourth-order valence-electron chi connectivity index (χ4n) is 12.2. The summed E-state index contributed by atoms with van der Waals surface area (Å²) in [5.41, 5.74) is -3.48. The van der Waals surface area contributed by atoms with Gasteiger partial charge < -0.3 is 48.5 Å². The maximum atomic E-state index is 14.0. The highest BCUT2D eigenvalue weighted by Crippen LogP contribution is 2.74. The first-order chi connectivity index (χ1) is 27.7. The molecule has 0 amide bonds. The minimum atomic E-state index is -2.26. The smallest absolute Gasteiger partial charge is 0.459 e. The summed E-state index contributed by atoms with van der Waals surface area (Å²) in [7, 11) is 0. The number of rotatable bonds is 17. The summed E-state index contributed by atoms with van der Waals surface area (Å²) in [6.45, 7) is 16.3. The zero-order valence-electron chi connectivity index (χ0n) is 36.7. The number of aliphatic hydroxyl groups is 3. The quantitative estimate of drug-likeness (QED) is 0.0885. The number of aliphatic hydroxyl groups excluding tert-OH is 1. The highest BCUT2D eigenvalue weighted by Gasteiger charge is 2.84. The van der Waals surface area contributed by atoms with E-state index in [2.05, 4.69) is 6.92 Å². The number of hydrogen-bond acceptors (Lipinski definition) is 14. The first-order valence-corrected chi connectivity index (χ1v) is 22.2. The molecule has 14 nitrogen and oxygen atoms in total. The van der Waals surface area contributed by atoms with Crippen molar-refractivity contribution < 1.29 is 67.7 Å². The minimum Gasteiger partial charge on any atom is -0.459 e. The van der Waals surface area contributed by atoms with E-state index in [1.54, 1.807) is 48.5 Å². The Bertz CT molecular complexity index is 1600. The third kappa shape index (κ3) is 8.01. The Morgan fingerprint density at radius 2 is 1.63 bits per heavy atom. The molecule has 0 radical (unpaired) electrons. The van der Waals surface area contributed by atoms with Gasteiger partial charge in [-0.3, -0.25) is 9.59 Å². The Morgan fingerprint density at radius 1 is 0.983 bits per heavy atom. The molecule has 6 unspecified atom stereocenters. The van der Waals surface area contributed by atoms with Crippen LogP contribution >= 0.6 is 0 Å². The van der Waals surface area contributed by atoms with Crippen molar-refractivity contribution in [2.75, 3.05) is 19.8 Å². The zero-order chi connectivity index (χ0) is 43.3. The van der Waals surface area contributed by atoms with Crippen molar-refractivity contribution in [3.8, 4) is 0 Å². The van der Waals surface area contributed by atoms with Crippen LogP contribution in [-0.2, 0) is 47.5 Å². The van der Waals surface area contributed by atoms with Gasteiger partial charge in [-0.1, -0.05) is 99.0 Å². The molecule has 3 N–H and O–H groups in total. The van der Waals surface area contributed by atoms with Crippen molar-refractivity contribution in [1.82, 2.24) is 0 Å². The summed E-state index contributed by atoms with van der Waals surface area (Å²) >= 11 is 0. The molecule has 3 aliphatic carbocycles. The van der Waals surface area contributed by atoms with E-state index in [1.165, 1.54) is 44.6 Å². The van der Waals surface area contributed by atoms with Crippen LogP contribution in [0, 0.1) is 46.3 Å². The van der Waals surface area contributed by atoms with Crippen LogP contribution in [0.5, 0.6) is 0 Å². The summed E-state index contributed by atoms with van der Waals surface area (Å²) in [6, 6.07) is 0. The molecule has 334 valence electrons. The van der Waals surface area contributed by atoms with Crippen LogP contribution in [0.2, 0.25) is 0 Å². The lowest BCUT2D eigenvalue weighted by Gasteiger charge is -2.68. The van der Waals surface area contributed by atoms with Gasteiger partial charge >= 0.3 is 18.1 Å². The number of unbranched alkanes of at least 4 members (excludes halogenated alkanes) is 7. The van der Waals surface area contributed by atoms with E-state index in [4.69, 9.17) is 33.2 Å². The second-order valence-electron chi connectivity index (χ2n) is 19.6. The van der Waals surface area contributed by atoms with Gasteiger partial charge in [-0.15, -0.1) is 0 Å². The number of carbonyl (C=O) groups is 4. The van der Waals surface area contributed by atoms with E-state index >= 15 is 0 Å². The second-order valence-corrected chi connectivity index (χ2v) is 19.6. The topological polar surface area (TPSA) is 194 Å². The molecule has 2 bridgehead atoms. The van der Waals surface area contributed by atoms with Crippen molar-refractivity contribution in [1.29, 1.82) is 0 Å². The average molecular weight is 835 g/mol.